The Labute approximate surface area is 103 Å². The van der Waals surface area contributed by atoms with E-state index >= 15 is 0 Å². The molecule has 3 nitrogen and oxygen atoms in total. The van der Waals surface area contributed by atoms with Gasteiger partial charge in [0.15, 0.2) is 0 Å². The molecule has 0 amide bonds. The molecule has 0 aliphatic heterocycles. The first kappa shape index (κ1) is 11.6. The maximum atomic E-state index is 9.46. The van der Waals surface area contributed by atoms with Gasteiger partial charge < -0.3 is 5.11 Å². The molecule has 0 aliphatic carbocycles. The number of aryl methyl sites for hydroxylation is 1. The van der Waals surface area contributed by atoms with Gasteiger partial charge in [-0.2, -0.15) is 5.10 Å². The van der Waals surface area contributed by atoms with Crippen molar-refractivity contribution in [3.8, 4) is 0 Å². The van der Waals surface area contributed by atoms with Crippen LogP contribution in [-0.4, -0.2) is 21.5 Å². The van der Waals surface area contributed by atoms with E-state index in [9.17, 15) is 5.11 Å². The maximum Gasteiger partial charge on any atom is 0.136 e. The van der Waals surface area contributed by atoms with Crippen molar-refractivity contribution in [3.63, 3.8) is 0 Å². The van der Waals surface area contributed by atoms with Crippen LogP contribution in [0.5, 0.6) is 0 Å². The maximum absolute atomic E-state index is 9.46. The molecule has 1 aromatic heterocycles. The average molecular weight is 283 g/mol. The van der Waals surface area contributed by atoms with Crippen LogP contribution in [0, 0.1) is 0 Å². The molecule has 2 rings (SSSR count). The Morgan fingerprint density at radius 1 is 1.44 bits per heavy atom. The van der Waals surface area contributed by atoms with Crippen LogP contribution < -0.4 is 0 Å². The van der Waals surface area contributed by atoms with Crippen LogP contribution in [0.4, 0.5) is 0 Å². The number of benzene rings is 1. The zero-order valence-corrected chi connectivity index (χ0v) is 11.2. The van der Waals surface area contributed by atoms with Gasteiger partial charge in [0.2, 0.25) is 0 Å². The van der Waals surface area contributed by atoms with Crippen molar-refractivity contribution in [2.75, 3.05) is 6.61 Å². The lowest BCUT2D eigenvalue weighted by Crippen LogP contribution is -2.22. The summed E-state index contributed by atoms with van der Waals surface area (Å²) in [6.07, 6.45) is 0. The number of halogens is 1. The smallest absolute Gasteiger partial charge is 0.136 e. The zero-order chi connectivity index (χ0) is 11.9. The SMILES string of the molecule is Cn1nc(Br)c2c(C(C)(C)CO)cccc21. The Hall–Kier alpha value is -0.870. The Morgan fingerprint density at radius 3 is 2.75 bits per heavy atom. The van der Waals surface area contributed by atoms with E-state index in [1.54, 1.807) is 0 Å². The van der Waals surface area contributed by atoms with Gasteiger partial charge in [-0.05, 0) is 27.6 Å². The molecular weight excluding hydrogens is 268 g/mol. The first-order valence-electron chi connectivity index (χ1n) is 5.20. The molecule has 0 aliphatic rings. The van der Waals surface area contributed by atoms with E-state index in [2.05, 4.69) is 21.0 Å². The van der Waals surface area contributed by atoms with Crippen LogP contribution >= 0.6 is 15.9 Å². The Kier molecular flexibility index (Phi) is 2.80. The summed E-state index contributed by atoms with van der Waals surface area (Å²) in [7, 11) is 1.92. The summed E-state index contributed by atoms with van der Waals surface area (Å²) in [5.41, 5.74) is 1.93. The molecule has 0 unspecified atom stereocenters. The van der Waals surface area contributed by atoms with Gasteiger partial charge in [-0.15, -0.1) is 0 Å². The Morgan fingerprint density at radius 2 is 2.12 bits per heavy atom. The lowest BCUT2D eigenvalue weighted by atomic mass is 9.84. The highest BCUT2D eigenvalue weighted by molar-refractivity contribution is 9.10. The van der Waals surface area contributed by atoms with Crippen molar-refractivity contribution in [1.29, 1.82) is 0 Å². The van der Waals surface area contributed by atoms with Crippen LogP contribution in [0.1, 0.15) is 19.4 Å². The first-order chi connectivity index (χ1) is 7.47. The highest BCUT2D eigenvalue weighted by atomic mass is 79.9. The normalized spacial score (nSPS) is 12.3. The van der Waals surface area contributed by atoms with Crippen molar-refractivity contribution < 1.29 is 5.11 Å². The molecule has 86 valence electrons. The van der Waals surface area contributed by atoms with Gasteiger partial charge in [-0.3, -0.25) is 4.68 Å². The van der Waals surface area contributed by atoms with E-state index in [-0.39, 0.29) is 12.0 Å². The number of aliphatic hydroxyl groups is 1. The van der Waals surface area contributed by atoms with Crippen molar-refractivity contribution in [1.82, 2.24) is 9.78 Å². The molecule has 1 N–H and O–H groups in total. The summed E-state index contributed by atoms with van der Waals surface area (Å²) in [4.78, 5) is 0. The summed E-state index contributed by atoms with van der Waals surface area (Å²) < 4.78 is 2.68. The molecule has 0 radical (unpaired) electrons. The molecule has 0 fully saturated rings. The van der Waals surface area contributed by atoms with Crippen LogP contribution in [0.3, 0.4) is 0 Å². The van der Waals surface area contributed by atoms with E-state index in [0.717, 1.165) is 21.1 Å². The van der Waals surface area contributed by atoms with E-state index < -0.39 is 0 Å². The van der Waals surface area contributed by atoms with Gasteiger partial charge >= 0.3 is 0 Å². The third kappa shape index (κ3) is 1.66. The molecule has 1 aromatic carbocycles. The summed E-state index contributed by atoms with van der Waals surface area (Å²) in [6, 6.07) is 6.08. The average Bonchev–Trinajstić information content (AvgIpc) is 2.55. The third-order valence-corrected chi connectivity index (χ3v) is 3.51. The standard InChI is InChI=1S/C12H15BrN2O/c1-12(2,7-16)8-5-4-6-9-10(8)11(13)14-15(9)3/h4-6,16H,7H2,1-3H3. The number of aliphatic hydroxyl groups excluding tert-OH is 1. The third-order valence-electron chi connectivity index (χ3n) is 2.96. The van der Waals surface area contributed by atoms with Gasteiger partial charge in [-0.25, -0.2) is 0 Å². The quantitative estimate of drug-likeness (QED) is 0.920. The Bertz CT molecular complexity index is 531. The molecule has 0 spiro atoms. The summed E-state index contributed by atoms with van der Waals surface area (Å²) in [5, 5.41) is 14.9. The molecule has 1 heterocycles. The van der Waals surface area contributed by atoms with E-state index in [1.165, 1.54) is 0 Å². The van der Waals surface area contributed by atoms with Gasteiger partial charge in [0.25, 0.3) is 0 Å². The van der Waals surface area contributed by atoms with Crippen molar-refractivity contribution >= 4 is 26.8 Å². The second kappa shape index (κ2) is 3.86. The predicted molar refractivity (Wildman–Crippen MR) is 68.5 cm³/mol. The van der Waals surface area contributed by atoms with Crippen molar-refractivity contribution in [2.24, 2.45) is 7.05 Å². The summed E-state index contributed by atoms with van der Waals surface area (Å²) in [5.74, 6) is 0. The molecule has 0 saturated heterocycles. The number of nitrogens with zero attached hydrogens (tertiary/aromatic N) is 2. The number of hydrogen-bond donors (Lipinski definition) is 1. The molecule has 0 atom stereocenters. The zero-order valence-electron chi connectivity index (χ0n) is 9.66. The Balaban J connectivity index is 2.81. The number of fused-ring (bicyclic) bond motifs is 1. The van der Waals surface area contributed by atoms with Crippen LogP contribution in [0.15, 0.2) is 22.8 Å². The minimum absolute atomic E-state index is 0.118. The molecule has 0 saturated carbocycles. The minimum Gasteiger partial charge on any atom is -0.395 e. The number of rotatable bonds is 2. The predicted octanol–water partition coefficient (Wildman–Crippen LogP) is 2.61. The van der Waals surface area contributed by atoms with Gasteiger partial charge in [0.05, 0.1) is 12.1 Å². The number of hydrogen-bond acceptors (Lipinski definition) is 2. The van der Waals surface area contributed by atoms with Crippen LogP contribution in [0.2, 0.25) is 0 Å². The van der Waals surface area contributed by atoms with Gasteiger partial charge in [0, 0.05) is 17.8 Å². The largest absolute Gasteiger partial charge is 0.395 e. The monoisotopic (exact) mass is 282 g/mol. The highest BCUT2D eigenvalue weighted by Crippen LogP contribution is 2.33. The fourth-order valence-electron chi connectivity index (χ4n) is 1.91. The summed E-state index contributed by atoms with van der Waals surface area (Å²) in [6.45, 7) is 4.18. The topological polar surface area (TPSA) is 38.0 Å². The fraction of sp³-hybridized carbons (Fsp3) is 0.417. The molecule has 0 bridgehead atoms. The van der Waals surface area contributed by atoms with E-state index in [0.29, 0.717) is 0 Å². The molecule has 16 heavy (non-hydrogen) atoms. The lowest BCUT2D eigenvalue weighted by Gasteiger charge is -2.23. The molecule has 2 aromatic rings. The van der Waals surface area contributed by atoms with Gasteiger partial charge in [0.1, 0.15) is 4.60 Å². The summed E-state index contributed by atoms with van der Waals surface area (Å²) >= 11 is 3.48. The minimum atomic E-state index is -0.259. The highest BCUT2D eigenvalue weighted by Gasteiger charge is 2.24. The van der Waals surface area contributed by atoms with E-state index in [1.807, 2.05) is 43.8 Å². The lowest BCUT2D eigenvalue weighted by molar-refractivity contribution is 0.219. The molecular formula is C12H15BrN2O. The second-order valence-electron chi connectivity index (χ2n) is 4.66. The van der Waals surface area contributed by atoms with Gasteiger partial charge in [-0.1, -0.05) is 26.0 Å². The number of aromatic nitrogens is 2. The van der Waals surface area contributed by atoms with Crippen LogP contribution in [-0.2, 0) is 12.5 Å². The fourth-order valence-corrected chi connectivity index (χ4v) is 2.57. The molecule has 4 heteroatoms. The van der Waals surface area contributed by atoms with Crippen molar-refractivity contribution in [3.05, 3.63) is 28.4 Å². The second-order valence-corrected chi connectivity index (χ2v) is 5.41. The van der Waals surface area contributed by atoms with Crippen molar-refractivity contribution in [2.45, 2.75) is 19.3 Å². The van der Waals surface area contributed by atoms with Crippen LogP contribution in [0.25, 0.3) is 10.9 Å². The first-order valence-corrected chi connectivity index (χ1v) is 5.99. The van der Waals surface area contributed by atoms with E-state index in [4.69, 9.17) is 0 Å².